The summed E-state index contributed by atoms with van der Waals surface area (Å²) in [5, 5.41) is 2.05. The van der Waals surface area contributed by atoms with Crippen LogP contribution < -0.4 is 4.74 Å². The van der Waals surface area contributed by atoms with Crippen molar-refractivity contribution in [3.63, 3.8) is 0 Å². The molecule has 1 aliphatic heterocycles. The number of ether oxygens (including phenoxy) is 1. The van der Waals surface area contributed by atoms with Crippen LogP contribution in [0.4, 0.5) is 0 Å². The maximum absolute atomic E-state index is 6.86. The van der Waals surface area contributed by atoms with Crippen LogP contribution in [0.5, 0.6) is 5.75 Å². The third-order valence-electron chi connectivity index (χ3n) is 5.42. The van der Waals surface area contributed by atoms with Gasteiger partial charge in [0.25, 0.3) is 0 Å². The van der Waals surface area contributed by atoms with E-state index in [1.165, 1.54) is 11.1 Å². The number of fused-ring (bicyclic) bond motifs is 2. The maximum atomic E-state index is 6.86. The van der Waals surface area contributed by atoms with Crippen molar-refractivity contribution in [2.45, 2.75) is 22.3 Å². The number of halogens is 2. The molecule has 2 aliphatic rings. The summed E-state index contributed by atoms with van der Waals surface area (Å²) >= 11 is 15.4. The number of benzene rings is 2. The fourth-order valence-corrected chi connectivity index (χ4v) is 6.36. The lowest BCUT2D eigenvalue weighted by Gasteiger charge is -2.30. The van der Waals surface area contributed by atoms with Crippen molar-refractivity contribution in [1.29, 1.82) is 0 Å². The minimum atomic E-state index is -0.920. The molecule has 2 heterocycles. The first-order valence-electron chi connectivity index (χ1n) is 8.38. The van der Waals surface area contributed by atoms with Gasteiger partial charge in [-0.1, -0.05) is 77.8 Å². The topological polar surface area (TPSA) is 9.23 Å². The predicted molar refractivity (Wildman–Crippen MR) is 104 cm³/mol. The van der Waals surface area contributed by atoms with E-state index in [1.54, 1.807) is 11.3 Å². The van der Waals surface area contributed by atoms with E-state index in [2.05, 4.69) is 47.8 Å². The normalized spacial score (nSPS) is 28.6. The van der Waals surface area contributed by atoms with Crippen LogP contribution in [0, 0.1) is 5.92 Å². The van der Waals surface area contributed by atoms with Crippen LogP contribution in [0.25, 0.3) is 0 Å². The zero-order valence-electron chi connectivity index (χ0n) is 13.4. The first kappa shape index (κ1) is 15.7. The van der Waals surface area contributed by atoms with Crippen molar-refractivity contribution in [2.24, 2.45) is 5.92 Å². The monoisotopic (exact) mass is 386 g/mol. The second-order valence-corrected chi connectivity index (χ2v) is 9.08. The van der Waals surface area contributed by atoms with Gasteiger partial charge in [-0.2, -0.15) is 0 Å². The third-order valence-corrected chi connectivity index (χ3v) is 7.44. The molecule has 5 rings (SSSR count). The van der Waals surface area contributed by atoms with Crippen LogP contribution in [0.2, 0.25) is 0 Å². The Hall–Kier alpha value is -1.48. The fraction of sp³-hybridized carbons (Fsp3) is 0.238. The van der Waals surface area contributed by atoms with Gasteiger partial charge in [0.2, 0.25) is 0 Å². The van der Waals surface area contributed by atoms with Crippen LogP contribution in [0.1, 0.15) is 21.9 Å². The molecule has 1 fully saturated rings. The first-order valence-corrected chi connectivity index (χ1v) is 10.0. The lowest BCUT2D eigenvalue weighted by Crippen LogP contribution is -2.28. The van der Waals surface area contributed by atoms with Crippen LogP contribution in [-0.2, 0) is 12.0 Å². The molecule has 0 spiro atoms. The average molecular weight is 387 g/mol. The molecule has 0 amide bonds. The van der Waals surface area contributed by atoms with E-state index < -0.39 is 9.93 Å². The van der Waals surface area contributed by atoms with E-state index in [0.29, 0.717) is 0 Å². The Bertz CT molecular complexity index is 907. The molecule has 4 heteroatoms. The molecule has 3 unspecified atom stereocenters. The van der Waals surface area contributed by atoms with Gasteiger partial charge in [-0.25, -0.2) is 0 Å². The fourth-order valence-electron chi connectivity index (χ4n) is 4.26. The number of thiophene rings is 1. The molecule has 126 valence electrons. The minimum absolute atomic E-state index is 0.0390. The summed E-state index contributed by atoms with van der Waals surface area (Å²) in [4.78, 5) is 1.11. The van der Waals surface area contributed by atoms with Crippen molar-refractivity contribution in [3.8, 4) is 5.75 Å². The Labute approximate surface area is 161 Å². The molecule has 1 saturated carbocycles. The van der Waals surface area contributed by atoms with Crippen LogP contribution in [0.15, 0.2) is 72.1 Å². The number of hydrogen-bond donors (Lipinski definition) is 0. The Morgan fingerprint density at radius 3 is 2.44 bits per heavy atom. The van der Waals surface area contributed by atoms with E-state index in [1.807, 2.05) is 24.3 Å². The zero-order chi connectivity index (χ0) is 17.1. The summed E-state index contributed by atoms with van der Waals surface area (Å²) in [6.45, 7) is 0. The molecule has 3 aromatic rings. The molecule has 25 heavy (non-hydrogen) atoms. The lowest BCUT2D eigenvalue weighted by molar-refractivity contribution is 0.136. The molecule has 3 atom stereocenters. The highest BCUT2D eigenvalue weighted by Crippen LogP contribution is 2.77. The van der Waals surface area contributed by atoms with Crippen molar-refractivity contribution in [1.82, 2.24) is 0 Å². The number of alkyl halides is 2. The van der Waals surface area contributed by atoms with Crippen molar-refractivity contribution < 1.29 is 4.74 Å². The molecule has 0 saturated heterocycles. The second-order valence-electron chi connectivity index (χ2n) is 6.75. The molecular formula is C21H16Cl2OS. The number of rotatable bonds is 3. The third kappa shape index (κ3) is 2.14. The summed E-state index contributed by atoms with van der Waals surface area (Å²) in [7, 11) is 0. The molecule has 1 aromatic heterocycles. The Kier molecular flexibility index (Phi) is 3.47. The maximum Gasteiger partial charge on any atom is 0.183 e. The van der Waals surface area contributed by atoms with Gasteiger partial charge < -0.3 is 4.74 Å². The molecule has 0 bridgehead atoms. The lowest BCUT2D eigenvalue weighted by atomic mass is 9.84. The van der Waals surface area contributed by atoms with E-state index in [4.69, 9.17) is 27.9 Å². The van der Waals surface area contributed by atoms with Gasteiger partial charge in [-0.05, 0) is 35.1 Å². The molecule has 1 nitrogen and oxygen atoms in total. The van der Waals surface area contributed by atoms with Gasteiger partial charge in [-0.3, -0.25) is 0 Å². The summed E-state index contributed by atoms with van der Waals surface area (Å²) in [5.41, 5.74) is 1.85. The molecule has 2 aromatic carbocycles. The average Bonchev–Trinajstić information content (AvgIpc) is 2.99. The Balaban J connectivity index is 1.64. The number of para-hydroxylation sites is 1. The Morgan fingerprint density at radius 2 is 1.68 bits per heavy atom. The first-order chi connectivity index (χ1) is 12.1. The zero-order valence-corrected chi connectivity index (χ0v) is 15.7. The number of hydrogen-bond acceptors (Lipinski definition) is 2. The van der Waals surface area contributed by atoms with Crippen molar-refractivity contribution >= 4 is 34.5 Å². The predicted octanol–water partition coefficient (Wildman–Crippen LogP) is 6.17. The standard InChI is InChI=1S/C21H16Cl2OS/c22-21(23)19-16(13-14-7-2-1-3-8-14)15-9-4-5-10-17(15)24-20(19,21)18-11-6-12-25-18/h1-12,16,19H,13H2. The highest BCUT2D eigenvalue weighted by molar-refractivity contribution is 7.10. The van der Waals surface area contributed by atoms with E-state index in [9.17, 15) is 0 Å². The van der Waals surface area contributed by atoms with E-state index in [-0.39, 0.29) is 11.8 Å². The van der Waals surface area contributed by atoms with Gasteiger partial charge in [0, 0.05) is 5.92 Å². The molecule has 1 aliphatic carbocycles. The van der Waals surface area contributed by atoms with E-state index in [0.717, 1.165) is 17.0 Å². The largest absolute Gasteiger partial charge is 0.478 e. The van der Waals surface area contributed by atoms with Crippen LogP contribution in [-0.4, -0.2) is 4.33 Å². The van der Waals surface area contributed by atoms with Crippen LogP contribution in [0.3, 0.4) is 0 Å². The summed E-state index contributed by atoms with van der Waals surface area (Å²) < 4.78 is 5.55. The van der Waals surface area contributed by atoms with Gasteiger partial charge in [-0.15, -0.1) is 11.3 Å². The van der Waals surface area contributed by atoms with Gasteiger partial charge in [0.05, 0.1) is 10.8 Å². The van der Waals surface area contributed by atoms with Gasteiger partial charge >= 0.3 is 0 Å². The summed E-state index contributed by atoms with van der Waals surface area (Å²) in [5.74, 6) is 1.16. The minimum Gasteiger partial charge on any atom is -0.478 e. The van der Waals surface area contributed by atoms with Crippen LogP contribution >= 0.6 is 34.5 Å². The Morgan fingerprint density at radius 1 is 0.920 bits per heavy atom. The smallest absolute Gasteiger partial charge is 0.183 e. The SMILES string of the molecule is ClC1(Cl)C2C(Cc3ccccc3)c3ccccc3OC21c1cccs1. The summed E-state index contributed by atoms with van der Waals surface area (Å²) in [6, 6.07) is 22.9. The van der Waals surface area contributed by atoms with Crippen molar-refractivity contribution in [3.05, 3.63) is 88.1 Å². The van der Waals surface area contributed by atoms with Crippen molar-refractivity contribution in [2.75, 3.05) is 0 Å². The quantitative estimate of drug-likeness (QED) is 0.489. The van der Waals surface area contributed by atoms with Gasteiger partial charge in [0.15, 0.2) is 9.93 Å². The van der Waals surface area contributed by atoms with Gasteiger partial charge in [0.1, 0.15) is 5.75 Å². The molecule has 0 N–H and O–H groups in total. The molecular weight excluding hydrogens is 371 g/mol. The van der Waals surface area contributed by atoms with E-state index >= 15 is 0 Å². The highest BCUT2D eigenvalue weighted by Gasteiger charge is 2.83. The second kappa shape index (κ2) is 5.51. The molecule has 0 radical (unpaired) electrons. The summed E-state index contributed by atoms with van der Waals surface area (Å²) in [6.07, 6.45) is 0.903. The highest BCUT2D eigenvalue weighted by atomic mass is 35.5.